The van der Waals surface area contributed by atoms with Crippen LogP contribution in [0.1, 0.15) is 6.92 Å². The van der Waals surface area contributed by atoms with Crippen LogP contribution in [0.3, 0.4) is 0 Å². The first kappa shape index (κ1) is 13.8. The summed E-state index contributed by atoms with van der Waals surface area (Å²) in [4.78, 5) is 10.8. The van der Waals surface area contributed by atoms with Crippen LogP contribution in [-0.4, -0.2) is 67.0 Å². The Morgan fingerprint density at radius 1 is 1.24 bits per heavy atom. The summed E-state index contributed by atoms with van der Waals surface area (Å²) in [7, 11) is 4.15. The molecule has 4 nitrogen and oxygen atoms in total. The van der Waals surface area contributed by atoms with E-state index < -0.39 is 0 Å². The number of hydrogen-bond acceptors (Lipinski definition) is 4. The Morgan fingerprint density at radius 3 is 2.18 bits per heavy atom. The van der Waals surface area contributed by atoms with Crippen molar-refractivity contribution in [1.82, 2.24) is 14.7 Å². The Bertz CT molecular complexity index is 298. The van der Waals surface area contributed by atoms with Crippen LogP contribution >= 0.6 is 0 Å². The lowest BCUT2D eigenvalue weighted by Crippen LogP contribution is -2.29. The maximum atomic E-state index is 4.16. The van der Waals surface area contributed by atoms with Crippen LogP contribution in [0.4, 0.5) is 0 Å². The number of nitrogens with zero attached hydrogens (tertiary/aromatic N) is 4. The van der Waals surface area contributed by atoms with E-state index >= 15 is 0 Å². The van der Waals surface area contributed by atoms with Gasteiger partial charge < -0.3 is 9.80 Å². The van der Waals surface area contributed by atoms with Crippen molar-refractivity contribution in [2.24, 2.45) is 4.99 Å². The minimum Gasteiger partial charge on any atom is -0.361 e. The summed E-state index contributed by atoms with van der Waals surface area (Å²) in [6.45, 7) is 13.8. The average Bonchev–Trinajstić information content (AvgIpc) is 2.88. The number of hydrogen-bond donors (Lipinski definition) is 0. The van der Waals surface area contributed by atoms with Crippen LogP contribution in [0.25, 0.3) is 0 Å². The predicted octanol–water partition coefficient (Wildman–Crippen LogP) is 1.24. The van der Waals surface area contributed by atoms with Crippen LogP contribution in [0.15, 0.2) is 30.4 Å². The van der Waals surface area contributed by atoms with Crippen LogP contribution in [0, 0.1) is 0 Å². The molecular formula is C13H24N4. The molecule has 0 spiro atoms. The fourth-order valence-corrected chi connectivity index (χ4v) is 1.91. The van der Waals surface area contributed by atoms with Crippen molar-refractivity contribution in [3.63, 3.8) is 0 Å². The summed E-state index contributed by atoms with van der Waals surface area (Å²) < 4.78 is 0. The van der Waals surface area contributed by atoms with Gasteiger partial charge in [0.15, 0.2) is 0 Å². The van der Waals surface area contributed by atoms with Crippen LogP contribution in [0.2, 0.25) is 0 Å². The lowest BCUT2D eigenvalue weighted by Gasteiger charge is -2.21. The van der Waals surface area contributed by atoms with Gasteiger partial charge in [0, 0.05) is 26.7 Å². The molecule has 0 aromatic heterocycles. The van der Waals surface area contributed by atoms with Gasteiger partial charge in [-0.25, -0.2) is 0 Å². The van der Waals surface area contributed by atoms with Gasteiger partial charge in [-0.1, -0.05) is 13.2 Å². The van der Waals surface area contributed by atoms with Gasteiger partial charge in [-0.2, -0.15) is 0 Å². The third-order valence-electron chi connectivity index (χ3n) is 3.35. The van der Waals surface area contributed by atoms with Gasteiger partial charge in [-0.3, -0.25) is 9.89 Å². The van der Waals surface area contributed by atoms with E-state index in [1.54, 1.807) is 6.08 Å². The highest BCUT2D eigenvalue weighted by Crippen LogP contribution is 2.10. The second-order valence-corrected chi connectivity index (χ2v) is 4.40. The summed E-state index contributed by atoms with van der Waals surface area (Å²) in [5.74, 6) is 1.02. The third kappa shape index (κ3) is 3.60. The van der Waals surface area contributed by atoms with Crippen LogP contribution in [-0.2, 0) is 0 Å². The highest BCUT2D eigenvalue weighted by atomic mass is 15.4. The largest absolute Gasteiger partial charge is 0.361 e. The normalized spacial score (nSPS) is 24.2. The quantitative estimate of drug-likeness (QED) is 0.720. The van der Waals surface area contributed by atoms with Crippen molar-refractivity contribution in [3.05, 3.63) is 25.4 Å². The molecular weight excluding hydrogens is 212 g/mol. The fraction of sp³-hybridized carbons (Fsp3) is 0.615. The number of rotatable bonds is 2. The van der Waals surface area contributed by atoms with E-state index in [0.717, 1.165) is 32.0 Å². The van der Waals surface area contributed by atoms with Crippen molar-refractivity contribution in [2.75, 3.05) is 40.3 Å². The second-order valence-electron chi connectivity index (χ2n) is 4.40. The smallest absolute Gasteiger partial charge is 0.122 e. The Balaban J connectivity index is 0.000000171. The first-order chi connectivity index (χ1) is 8.10. The van der Waals surface area contributed by atoms with Gasteiger partial charge in [0.25, 0.3) is 0 Å². The summed E-state index contributed by atoms with van der Waals surface area (Å²) in [5, 5.41) is 0. The van der Waals surface area contributed by atoms with Gasteiger partial charge >= 0.3 is 0 Å². The summed E-state index contributed by atoms with van der Waals surface area (Å²) in [5.41, 5.74) is 0. The van der Waals surface area contributed by atoms with Gasteiger partial charge in [-0.05, 0) is 26.2 Å². The minimum atomic E-state index is 0.544. The molecule has 17 heavy (non-hydrogen) atoms. The molecule has 0 radical (unpaired) electrons. The van der Waals surface area contributed by atoms with Crippen molar-refractivity contribution in [1.29, 1.82) is 0 Å². The molecule has 0 bridgehead atoms. The van der Waals surface area contributed by atoms with Crippen molar-refractivity contribution < 1.29 is 0 Å². The minimum absolute atomic E-state index is 0.544. The zero-order valence-corrected chi connectivity index (χ0v) is 11.3. The van der Waals surface area contributed by atoms with E-state index in [4.69, 9.17) is 0 Å². The first-order valence-corrected chi connectivity index (χ1v) is 6.06. The lowest BCUT2D eigenvalue weighted by molar-refractivity contribution is 0.228. The zero-order valence-electron chi connectivity index (χ0n) is 11.3. The van der Waals surface area contributed by atoms with Gasteiger partial charge in [0.05, 0.1) is 12.7 Å². The van der Waals surface area contributed by atoms with E-state index in [1.165, 1.54) is 0 Å². The topological polar surface area (TPSA) is 22.1 Å². The molecule has 0 aromatic carbocycles. The van der Waals surface area contributed by atoms with E-state index in [0.29, 0.717) is 6.17 Å². The molecule has 0 saturated carbocycles. The summed E-state index contributed by atoms with van der Waals surface area (Å²) >= 11 is 0. The van der Waals surface area contributed by atoms with E-state index in [-0.39, 0.29) is 0 Å². The van der Waals surface area contributed by atoms with Crippen LogP contribution in [0.5, 0.6) is 0 Å². The van der Waals surface area contributed by atoms with Gasteiger partial charge in [0.2, 0.25) is 0 Å². The molecule has 0 aromatic rings. The first-order valence-electron chi connectivity index (χ1n) is 6.06. The fourth-order valence-electron chi connectivity index (χ4n) is 1.91. The average molecular weight is 236 g/mol. The molecule has 1 unspecified atom stereocenters. The molecule has 0 N–H and O–H groups in total. The molecule has 1 fully saturated rings. The number of aliphatic imine (C=N–C) groups is 1. The van der Waals surface area contributed by atoms with E-state index in [9.17, 15) is 0 Å². The SMILES string of the molecule is C=CC1=NCCN1C.C=CN1CCN(C)C1C. The standard InChI is InChI=1S/C7H14N2.C6H10N2/c1-4-9-6-5-8(3)7(9)2;1-3-6-7-4-5-8(6)2/h4,7H,1,5-6H2,2-3H3;3H,1,4-5H2,2H3. The molecule has 4 heteroatoms. The maximum Gasteiger partial charge on any atom is 0.122 e. The summed E-state index contributed by atoms with van der Waals surface area (Å²) in [6, 6.07) is 0. The van der Waals surface area contributed by atoms with Gasteiger partial charge in [-0.15, -0.1) is 0 Å². The molecule has 2 aliphatic rings. The third-order valence-corrected chi connectivity index (χ3v) is 3.35. The molecule has 0 aliphatic carbocycles. The Labute approximate surface area is 105 Å². The molecule has 0 amide bonds. The molecule has 1 saturated heterocycles. The zero-order chi connectivity index (χ0) is 12.8. The summed E-state index contributed by atoms with van der Waals surface area (Å²) in [6.07, 6.45) is 4.24. The van der Waals surface area contributed by atoms with Crippen molar-refractivity contribution in [2.45, 2.75) is 13.1 Å². The molecule has 1 atom stereocenters. The maximum absolute atomic E-state index is 4.16. The number of amidine groups is 1. The molecule has 2 aliphatic heterocycles. The predicted molar refractivity (Wildman–Crippen MR) is 74.1 cm³/mol. The molecule has 2 rings (SSSR count). The highest BCUT2D eigenvalue weighted by molar-refractivity contribution is 5.93. The Kier molecular flexibility index (Phi) is 5.22. The van der Waals surface area contributed by atoms with Crippen LogP contribution < -0.4 is 0 Å². The molecule has 2 heterocycles. The van der Waals surface area contributed by atoms with E-state index in [1.807, 2.05) is 13.2 Å². The molecule has 96 valence electrons. The van der Waals surface area contributed by atoms with Crippen molar-refractivity contribution in [3.8, 4) is 0 Å². The lowest BCUT2D eigenvalue weighted by atomic mass is 10.5. The Morgan fingerprint density at radius 2 is 1.94 bits per heavy atom. The van der Waals surface area contributed by atoms with E-state index in [2.05, 4.69) is 46.8 Å². The van der Waals surface area contributed by atoms with Gasteiger partial charge in [0.1, 0.15) is 5.84 Å². The van der Waals surface area contributed by atoms with Crippen molar-refractivity contribution >= 4 is 5.84 Å². The highest BCUT2D eigenvalue weighted by Gasteiger charge is 2.20. The second kappa shape index (κ2) is 6.45. The Hall–Kier alpha value is -1.29. The monoisotopic (exact) mass is 236 g/mol. The number of likely N-dealkylation sites (N-methyl/N-ethyl adjacent to an activating group) is 2.